The highest BCUT2D eigenvalue weighted by molar-refractivity contribution is 9.10. The van der Waals surface area contributed by atoms with E-state index in [4.69, 9.17) is 4.52 Å². The SMILES string of the molecule is CC1(c2nc(Cc3ccc(Br)cc3)no2)CCCNC1. The summed E-state index contributed by atoms with van der Waals surface area (Å²) >= 11 is 3.44. The second-order valence-corrected chi connectivity index (χ2v) is 6.58. The third-order valence-electron chi connectivity index (χ3n) is 3.86. The molecule has 0 spiro atoms. The van der Waals surface area contributed by atoms with Crippen molar-refractivity contribution in [1.82, 2.24) is 15.5 Å². The van der Waals surface area contributed by atoms with Crippen molar-refractivity contribution in [3.63, 3.8) is 0 Å². The molecule has 4 nitrogen and oxygen atoms in total. The van der Waals surface area contributed by atoms with Crippen LogP contribution in [0.4, 0.5) is 0 Å². The first-order chi connectivity index (χ1) is 9.66. The number of nitrogens with one attached hydrogen (secondary N) is 1. The molecule has 106 valence electrons. The van der Waals surface area contributed by atoms with Crippen LogP contribution in [0, 0.1) is 0 Å². The average Bonchev–Trinajstić information content (AvgIpc) is 2.92. The third kappa shape index (κ3) is 2.94. The molecule has 0 amide bonds. The minimum absolute atomic E-state index is 0.0246. The highest BCUT2D eigenvalue weighted by Gasteiger charge is 2.34. The monoisotopic (exact) mass is 335 g/mol. The Bertz CT molecular complexity index is 573. The van der Waals surface area contributed by atoms with Crippen LogP contribution in [0.25, 0.3) is 0 Å². The Kier molecular flexibility index (Phi) is 3.89. The van der Waals surface area contributed by atoms with E-state index in [0.29, 0.717) is 6.42 Å². The van der Waals surface area contributed by atoms with Crippen molar-refractivity contribution in [3.05, 3.63) is 46.0 Å². The Morgan fingerprint density at radius 1 is 1.35 bits per heavy atom. The molecule has 1 N–H and O–H groups in total. The summed E-state index contributed by atoms with van der Waals surface area (Å²) < 4.78 is 6.57. The number of rotatable bonds is 3. The van der Waals surface area contributed by atoms with E-state index in [-0.39, 0.29) is 5.41 Å². The fourth-order valence-electron chi connectivity index (χ4n) is 2.59. The average molecular weight is 336 g/mol. The summed E-state index contributed by atoms with van der Waals surface area (Å²) in [4.78, 5) is 4.59. The lowest BCUT2D eigenvalue weighted by atomic mass is 9.83. The third-order valence-corrected chi connectivity index (χ3v) is 4.39. The number of hydrogen-bond acceptors (Lipinski definition) is 4. The van der Waals surface area contributed by atoms with E-state index < -0.39 is 0 Å². The van der Waals surface area contributed by atoms with Crippen LogP contribution in [0.5, 0.6) is 0 Å². The fraction of sp³-hybridized carbons (Fsp3) is 0.467. The number of nitrogens with zero attached hydrogens (tertiary/aromatic N) is 2. The maximum Gasteiger partial charge on any atom is 0.233 e. The van der Waals surface area contributed by atoms with Gasteiger partial charge in [-0.2, -0.15) is 4.98 Å². The van der Waals surface area contributed by atoms with Gasteiger partial charge in [-0.3, -0.25) is 0 Å². The summed E-state index contributed by atoms with van der Waals surface area (Å²) in [6.45, 7) is 4.18. The second-order valence-electron chi connectivity index (χ2n) is 5.66. The molecule has 0 aliphatic carbocycles. The van der Waals surface area contributed by atoms with Gasteiger partial charge in [0.1, 0.15) is 0 Å². The van der Waals surface area contributed by atoms with Crippen LogP contribution in [-0.4, -0.2) is 23.2 Å². The van der Waals surface area contributed by atoms with E-state index in [9.17, 15) is 0 Å². The van der Waals surface area contributed by atoms with Gasteiger partial charge in [0.2, 0.25) is 5.89 Å². The Morgan fingerprint density at radius 3 is 2.85 bits per heavy atom. The van der Waals surface area contributed by atoms with Crippen LogP contribution in [0.2, 0.25) is 0 Å². The smallest absolute Gasteiger partial charge is 0.233 e. The molecule has 1 aliphatic rings. The van der Waals surface area contributed by atoms with Crippen LogP contribution >= 0.6 is 15.9 Å². The van der Waals surface area contributed by atoms with Gasteiger partial charge in [0, 0.05) is 17.4 Å². The van der Waals surface area contributed by atoms with E-state index in [1.165, 1.54) is 5.56 Å². The lowest BCUT2D eigenvalue weighted by Gasteiger charge is -2.30. The first kappa shape index (κ1) is 13.8. The van der Waals surface area contributed by atoms with Gasteiger partial charge in [0.15, 0.2) is 5.82 Å². The number of aromatic nitrogens is 2. The molecule has 1 fully saturated rings. The van der Waals surface area contributed by atoms with E-state index in [1.807, 2.05) is 12.1 Å². The molecule has 3 rings (SSSR count). The predicted molar refractivity (Wildman–Crippen MR) is 80.7 cm³/mol. The topological polar surface area (TPSA) is 51.0 Å². The number of benzene rings is 1. The Labute approximate surface area is 127 Å². The summed E-state index contributed by atoms with van der Waals surface area (Å²) in [6.07, 6.45) is 2.96. The first-order valence-corrected chi connectivity index (χ1v) is 7.73. The molecule has 0 bridgehead atoms. The molecule has 1 atom stereocenters. The van der Waals surface area contributed by atoms with Gasteiger partial charge in [0.05, 0.1) is 5.41 Å². The minimum atomic E-state index is -0.0246. The molecule has 1 saturated heterocycles. The van der Waals surface area contributed by atoms with Crippen molar-refractivity contribution in [1.29, 1.82) is 0 Å². The van der Waals surface area contributed by atoms with Crippen LogP contribution < -0.4 is 5.32 Å². The van der Waals surface area contributed by atoms with Crippen molar-refractivity contribution in [3.8, 4) is 0 Å². The Balaban J connectivity index is 1.74. The van der Waals surface area contributed by atoms with Crippen molar-refractivity contribution in [2.45, 2.75) is 31.6 Å². The molecule has 2 aromatic rings. The van der Waals surface area contributed by atoms with Gasteiger partial charge in [-0.05, 0) is 44.0 Å². The van der Waals surface area contributed by atoms with Crippen LogP contribution in [0.15, 0.2) is 33.3 Å². The molecular formula is C15H18BrN3O. The Hall–Kier alpha value is -1.20. The van der Waals surface area contributed by atoms with Gasteiger partial charge >= 0.3 is 0 Å². The summed E-state index contributed by atoms with van der Waals surface area (Å²) in [6, 6.07) is 8.21. The Morgan fingerprint density at radius 2 is 2.15 bits per heavy atom. The quantitative estimate of drug-likeness (QED) is 0.936. The molecule has 1 aromatic heterocycles. The van der Waals surface area contributed by atoms with Crippen LogP contribution in [0.3, 0.4) is 0 Å². The predicted octanol–water partition coefficient (Wildman–Crippen LogP) is 3.06. The maximum absolute atomic E-state index is 5.49. The van der Waals surface area contributed by atoms with Crippen LogP contribution in [-0.2, 0) is 11.8 Å². The van der Waals surface area contributed by atoms with E-state index >= 15 is 0 Å². The van der Waals surface area contributed by atoms with Gasteiger partial charge < -0.3 is 9.84 Å². The lowest BCUT2D eigenvalue weighted by Crippen LogP contribution is -2.41. The normalized spacial score (nSPS) is 22.9. The molecule has 1 aromatic carbocycles. The molecule has 1 aliphatic heterocycles. The van der Waals surface area contributed by atoms with E-state index in [2.05, 4.69) is 50.4 Å². The van der Waals surface area contributed by atoms with Crippen LogP contribution in [0.1, 0.15) is 37.0 Å². The zero-order chi connectivity index (χ0) is 14.0. The first-order valence-electron chi connectivity index (χ1n) is 6.94. The maximum atomic E-state index is 5.49. The number of piperidine rings is 1. The minimum Gasteiger partial charge on any atom is -0.339 e. The van der Waals surface area contributed by atoms with Gasteiger partial charge in [-0.1, -0.05) is 33.2 Å². The molecule has 2 heterocycles. The van der Waals surface area contributed by atoms with E-state index in [1.54, 1.807) is 0 Å². The molecule has 0 saturated carbocycles. The van der Waals surface area contributed by atoms with Crippen molar-refractivity contribution in [2.75, 3.05) is 13.1 Å². The molecular weight excluding hydrogens is 318 g/mol. The zero-order valence-electron chi connectivity index (χ0n) is 11.5. The zero-order valence-corrected chi connectivity index (χ0v) is 13.1. The molecule has 1 unspecified atom stereocenters. The summed E-state index contributed by atoms with van der Waals surface area (Å²) in [5, 5.41) is 7.53. The van der Waals surface area contributed by atoms with Gasteiger partial charge in [-0.25, -0.2) is 0 Å². The standard InChI is InChI=1S/C15H18BrN3O/c1-15(7-2-8-17-10-15)14-18-13(19-20-14)9-11-3-5-12(16)6-4-11/h3-6,17H,2,7-10H2,1H3. The molecule has 0 radical (unpaired) electrons. The van der Waals surface area contributed by atoms with Gasteiger partial charge in [0.25, 0.3) is 0 Å². The van der Waals surface area contributed by atoms with Crippen molar-refractivity contribution in [2.24, 2.45) is 0 Å². The number of halogens is 1. The fourth-order valence-corrected chi connectivity index (χ4v) is 2.86. The highest BCUT2D eigenvalue weighted by Crippen LogP contribution is 2.29. The summed E-state index contributed by atoms with van der Waals surface area (Å²) in [7, 11) is 0. The summed E-state index contributed by atoms with van der Waals surface area (Å²) in [5.74, 6) is 1.52. The van der Waals surface area contributed by atoms with Gasteiger partial charge in [-0.15, -0.1) is 0 Å². The molecule has 20 heavy (non-hydrogen) atoms. The summed E-state index contributed by atoms with van der Waals surface area (Å²) in [5.41, 5.74) is 1.16. The highest BCUT2D eigenvalue weighted by atomic mass is 79.9. The molecule has 5 heteroatoms. The second kappa shape index (κ2) is 5.66. The van der Waals surface area contributed by atoms with Crippen molar-refractivity contribution >= 4 is 15.9 Å². The number of hydrogen-bond donors (Lipinski definition) is 1. The van der Waals surface area contributed by atoms with Crippen molar-refractivity contribution < 1.29 is 4.52 Å². The van der Waals surface area contributed by atoms with E-state index in [0.717, 1.165) is 42.1 Å². The lowest BCUT2D eigenvalue weighted by molar-refractivity contribution is 0.245. The largest absolute Gasteiger partial charge is 0.339 e.